The molecular formula is C40H53ClN2O7. The number of ether oxygens (including phenoxy) is 2. The average molecular weight is 709 g/mol. The molecule has 0 aliphatic carbocycles. The molecule has 2 atom stereocenters. The van der Waals surface area contributed by atoms with Crippen molar-refractivity contribution in [1.82, 2.24) is 4.90 Å². The van der Waals surface area contributed by atoms with E-state index in [1.54, 1.807) is 55.1 Å². The lowest BCUT2D eigenvalue weighted by molar-refractivity contribution is -0.152. The van der Waals surface area contributed by atoms with Crippen molar-refractivity contribution in [1.29, 1.82) is 0 Å². The molecule has 1 aromatic heterocycles. The van der Waals surface area contributed by atoms with E-state index in [4.69, 9.17) is 25.5 Å². The molecule has 1 fully saturated rings. The number of carbonyl (C=O) groups is 3. The van der Waals surface area contributed by atoms with Crippen molar-refractivity contribution in [2.75, 3.05) is 25.0 Å². The van der Waals surface area contributed by atoms with Gasteiger partial charge in [0.2, 0.25) is 5.91 Å². The molecule has 0 unspecified atom stereocenters. The number of amides is 2. The summed E-state index contributed by atoms with van der Waals surface area (Å²) in [5, 5.41) is 3.96. The number of hydrogen-bond acceptors (Lipinski definition) is 7. The minimum atomic E-state index is -0.824. The second-order valence-corrected chi connectivity index (χ2v) is 13.7. The predicted octanol–water partition coefficient (Wildman–Crippen LogP) is 9.32. The van der Waals surface area contributed by atoms with Crippen LogP contribution in [-0.4, -0.2) is 48.5 Å². The Morgan fingerprint density at radius 1 is 0.920 bits per heavy atom. The molecule has 1 aliphatic rings. The highest BCUT2D eigenvalue weighted by Gasteiger charge is 2.32. The van der Waals surface area contributed by atoms with Crippen LogP contribution in [0.4, 0.5) is 5.69 Å². The smallest absolute Gasteiger partial charge is 0.336 e. The van der Waals surface area contributed by atoms with Crippen LogP contribution in [0, 0.1) is 5.92 Å². The van der Waals surface area contributed by atoms with Crippen molar-refractivity contribution in [3.8, 4) is 16.9 Å². The summed E-state index contributed by atoms with van der Waals surface area (Å²) in [7, 11) is 0. The first-order chi connectivity index (χ1) is 24.2. The molecule has 1 saturated heterocycles. The molecule has 9 nitrogen and oxygen atoms in total. The minimum Gasteiger partial charge on any atom is -0.481 e. The molecule has 2 amide bonds. The third-order valence-corrected chi connectivity index (χ3v) is 9.59. The van der Waals surface area contributed by atoms with Gasteiger partial charge in [-0.3, -0.25) is 14.4 Å². The Bertz CT molecular complexity index is 1640. The van der Waals surface area contributed by atoms with Gasteiger partial charge < -0.3 is 24.1 Å². The maximum absolute atomic E-state index is 13.2. The van der Waals surface area contributed by atoms with E-state index in [1.807, 2.05) is 0 Å². The Labute approximate surface area is 301 Å². The highest BCUT2D eigenvalue weighted by Crippen LogP contribution is 2.35. The molecule has 1 N–H and O–H groups in total. The molecular weight excluding hydrogens is 656 g/mol. The highest BCUT2D eigenvalue weighted by atomic mass is 35.5. The van der Waals surface area contributed by atoms with Crippen LogP contribution in [0.3, 0.4) is 0 Å². The predicted molar refractivity (Wildman–Crippen MR) is 199 cm³/mol. The third-order valence-electron chi connectivity index (χ3n) is 9.28. The first-order valence-electron chi connectivity index (χ1n) is 18.5. The fourth-order valence-electron chi connectivity index (χ4n) is 6.57. The van der Waals surface area contributed by atoms with E-state index in [9.17, 15) is 19.2 Å². The fraction of sp³-hybridized carbons (Fsp3) is 0.550. The van der Waals surface area contributed by atoms with Crippen molar-refractivity contribution in [3.05, 3.63) is 57.9 Å². The Morgan fingerprint density at radius 2 is 1.62 bits per heavy atom. The second-order valence-electron chi connectivity index (χ2n) is 13.3. The molecule has 2 heterocycles. The van der Waals surface area contributed by atoms with Crippen molar-refractivity contribution < 1.29 is 28.3 Å². The molecule has 272 valence electrons. The highest BCUT2D eigenvalue weighted by molar-refractivity contribution is 6.34. The molecule has 1 aliphatic heterocycles. The summed E-state index contributed by atoms with van der Waals surface area (Å²) in [5.41, 5.74) is 1.51. The third kappa shape index (κ3) is 11.6. The molecule has 0 spiro atoms. The average Bonchev–Trinajstić information content (AvgIpc) is 3.10. The quantitative estimate of drug-likeness (QED) is 0.0750. The van der Waals surface area contributed by atoms with Crippen molar-refractivity contribution in [3.63, 3.8) is 0 Å². The molecule has 2 aromatic carbocycles. The molecule has 0 saturated carbocycles. The van der Waals surface area contributed by atoms with Crippen LogP contribution in [0.15, 0.2) is 51.7 Å². The number of rotatable bonds is 19. The van der Waals surface area contributed by atoms with Crippen LogP contribution in [0.25, 0.3) is 22.1 Å². The van der Waals surface area contributed by atoms with Gasteiger partial charge in [0.15, 0.2) is 6.10 Å². The van der Waals surface area contributed by atoms with E-state index < -0.39 is 11.7 Å². The molecule has 0 bridgehead atoms. The first kappa shape index (κ1) is 38.9. The molecule has 0 radical (unpaired) electrons. The summed E-state index contributed by atoms with van der Waals surface area (Å²) >= 11 is 6.70. The van der Waals surface area contributed by atoms with Crippen LogP contribution >= 0.6 is 11.6 Å². The number of hydrogen-bond donors (Lipinski definition) is 1. The van der Waals surface area contributed by atoms with Gasteiger partial charge in [-0.15, -0.1) is 0 Å². The number of piperidine rings is 1. The van der Waals surface area contributed by atoms with Gasteiger partial charge in [0.25, 0.3) is 5.91 Å². The fourth-order valence-corrected chi connectivity index (χ4v) is 6.85. The van der Waals surface area contributed by atoms with Crippen LogP contribution in [0.5, 0.6) is 5.75 Å². The summed E-state index contributed by atoms with van der Waals surface area (Å²) in [6.45, 7) is 6.81. The SMILES string of the molecule is CCCCCCCCCCCCCC(=O)Nc1ccc(-c2cc(=O)oc3cc(O[C@H](C)C(=O)N4CCC[C@H](C(=O)OCC)C4)ccc23)c(Cl)c1. The van der Waals surface area contributed by atoms with Gasteiger partial charge in [-0.2, -0.15) is 0 Å². The number of likely N-dealkylation sites (tertiary alicyclic amines) is 1. The number of fused-ring (bicyclic) bond motifs is 1. The number of carbonyl (C=O) groups excluding carboxylic acids is 3. The number of esters is 1. The lowest BCUT2D eigenvalue weighted by Gasteiger charge is -2.33. The van der Waals surface area contributed by atoms with Gasteiger partial charge in [-0.25, -0.2) is 4.79 Å². The van der Waals surface area contributed by atoms with Gasteiger partial charge in [0, 0.05) is 53.8 Å². The van der Waals surface area contributed by atoms with Gasteiger partial charge in [0.05, 0.1) is 17.5 Å². The van der Waals surface area contributed by atoms with E-state index in [0.717, 1.165) is 19.3 Å². The number of unbranched alkanes of at least 4 members (excludes halogenated alkanes) is 10. The van der Waals surface area contributed by atoms with Crippen molar-refractivity contribution in [2.24, 2.45) is 5.92 Å². The molecule has 10 heteroatoms. The summed E-state index contributed by atoms with van der Waals surface area (Å²) in [6, 6.07) is 11.7. The zero-order valence-corrected chi connectivity index (χ0v) is 30.7. The van der Waals surface area contributed by atoms with Gasteiger partial charge in [-0.05, 0) is 57.4 Å². The van der Waals surface area contributed by atoms with Crippen LogP contribution in [-0.2, 0) is 19.1 Å². The van der Waals surface area contributed by atoms with Crippen LogP contribution in [0.1, 0.15) is 111 Å². The Morgan fingerprint density at radius 3 is 2.30 bits per heavy atom. The summed E-state index contributed by atoms with van der Waals surface area (Å²) < 4.78 is 16.6. The van der Waals surface area contributed by atoms with E-state index >= 15 is 0 Å². The zero-order valence-electron chi connectivity index (χ0n) is 29.9. The van der Waals surface area contributed by atoms with E-state index in [2.05, 4.69) is 12.2 Å². The lowest BCUT2D eigenvalue weighted by Crippen LogP contribution is -2.47. The van der Waals surface area contributed by atoms with Crippen molar-refractivity contribution >= 4 is 46.0 Å². The van der Waals surface area contributed by atoms with Crippen molar-refractivity contribution in [2.45, 2.75) is 117 Å². The minimum absolute atomic E-state index is 0.0464. The Balaban J connectivity index is 1.31. The summed E-state index contributed by atoms with van der Waals surface area (Å²) in [6.07, 6.45) is 14.6. The molecule has 50 heavy (non-hydrogen) atoms. The van der Waals surface area contributed by atoms with Gasteiger partial charge >= 0.3 is 11.6 Å². The van der Waals surface area contributed by atoms with Crippen LogP contribution < -0.4 is 15.7 Å². The van der Waals surface area contributed by atoms with Gasteiger partial charge in [-0.1, -0.05) is 88.8 Å². The van der Waals surface area contributed by atoms with Gasteiger partial charge in [0.1, 0.15) is 11.3 Å². The molecule has 4 rings (SSSR count). The normalized spacial score (nSPS) is 15.1. The number of nitrogens with zero attached hydrogens (tertiary/aromatic N) is 1. The zero-order chi connectivity index (χ0) is 35.9. The lowest BCUT2D eigenvalue weighted by atomic mass is 9.98. The van der Waals surface area contributed by atoms with E-state index in [-0.39, 0.29) is 29.3 Å². The largest absolute Gasteiger partial charge is 0.481 e. The molecule has 3 aromatic rings. The summed E-state index contributed by atoms with van der Waals surface area (Å²) in [5.74, 6) is -0.542. The standard InChI is InChI=1S/C40H53ClN2O7/c1-4-6-7-8-9-10-11-12-13-14-15-18-37(44)42-30-19-21-32(35(41)24-30)34-26-38(45)50-36-25-31(20-22-33(34)36)49-28(3)39(46)43-23-16-17-29(27-43)40(47)48-5-2/h19-22,24-26,28-29H,4-18,23,27H2,1-3H3,(H,42,44)/t28-,29+/m1/s1. The topological polar surface area (TPSA) is 115 Å². The monoisotopic (exact) mass is 708 g/mol. The van der Waals surface area contributed by atoms with Crippen LogP contribution in [0.2, 0.25) is 5.02 Å². The number of halogens is 1. The Kier molecular flexibility index (Phi) is 15.7. The first-order valence-corrected chi connectivity index (χ1v) is 18.9. The van der Waals surface area contributed by atoms with E-state index in [1.165, 1.54) is 57.4 Å². The number of benzene rings is 2. The maximum Gasteiger partial charge on any atom is 0.336 e. The maximum atomic E-state index is 13.2. The Hall–Kier alpha value is -3.85. The number of nitrogens with one attached hydrogen (secondary N) is 1. The summed E-state index contributed by atoms with van der Waals surface area (Å²) in [4.78, 5) is 52.3. The number of anilines is 1. The second kappa shape index (κ2) is 20.1. The van der Waals surface area contributed by atoms with E-state index in [0.29, 0.717) is 71.9 Å².